The summed E-state index contributed by atoms with van der Waals surface area (Å²) in [6, 6.07) is 12.1. The van der Waals surface area contributed by atoms with Gasteiger partial charge >= 0.3 is 5.97 Å². The van der Waals surface area contributed by atoms with Gasteiger partial charge in [-0.1, -0.05) is 42.0 Å². The second kappa shape index (κ2) is 7.32. The summed E-state index contributed by atoms with van der Waals surface area (Å²) in [7, 11) is 0. The lowest BCUT2D eigenvalue weighted by Crippen LogP contribution is -2.42. The molecule has 3 rings (SSSR count). The fraction of sp³-hybridized carbons (Fsp3) is 0.364. The molecular formula is C22H25NO3. The number of esters is 1. The lowest BCUT2D eigenvalue weighted by molar-refractivity contribution is -0.140. The summed E-state index contributed by atoms with van der Waals surface area (Å²) < 4.78 is 5.51. The first-order valence-corrected chi connectivity index (χ1v) is 9.01. The molecule has 1 heterocycles. The molecule has 0 N–H and O–H groups in total. The fourth-order valence-corrected chi connectivity index (χ4v) is 3.71. The highest BCUT2D eigenvalue weighted by Crippen LogP contribution is 2.21. The average molecular weight is 351 g/mol. The van der Waals surface area contributed by atoms with Crippen LogP contribution in [0.25, 0.3) is 0 Å². The number of amides is 1. The number of carbonyl (C=O) groups excluding carboxylic acids is 2. The smallest absolute Gasteiger partial charge is 0.339 e. The number of hydrogen-bond donors (Lipinski definition) is 0. The van der Waals surface area contributed by atoms with Gasteiger partial charge in [0.25, 0.3) is 5.91 Å². The molecule has 1 atom stereocenters. The Morgan fingerprint density at radius 2 is 1.65 bits per heavy atom. The van der Waals surface area contributed by atoms with Crippen molar-refractivity contribution < 1.29 is 14.3 Å². The monoisotopic (exact) mass is 351 g/mol. The molecular weight excluding hydrogens is 326 g/mol. The van der Waals surface area contributed by atoms with Gasteiger partial charge in [-0.15, -0.1) is 0 Å². The van der Waals surface area contributed by atoms with E-state index >= 15 is 0 Å². The highest BCUT2D eigenvalue weighted by atomic mass is 16.5. The van der Waals surface area contributed by atoms with Crippen molar-refractivity contribution in [3.8, 4) is 0 Å². The van der Waals surface area contributed by atoms with Gasteiger partial charge in [-0.3, -0.25) is 4.79 Å². The summed E-state index contributed by atoms with van der Waals surface area (Å²) in [6.07, 6.45) is 0.0338. The minimum atomic E-state index is -0.798. The van der Waals surface area contributed by atoms with Crippen molar-refractivity contribution in [2.24, 2.45) is 0 Å². The van der Waals surface area contributed by atoms with Crippen LogP contribution in [0.2, 0.25) is 0 Å². The van der Waals surface area contributed by atoms with Gasteiger partial charge in [0.15, 0.2) is 6.10 Å². The van der Waals surface area contributed by atoms with E-state index in [9.17, 15) is 9.59 Å². The van der Waals surface area contributed by atoms with Crippen LogP contribution >= 0.6 is 0 Å². The summed E-state index contributed by atoms with van der Waals surface area (Å²) in [6.45, 7) is 8.66. The summed E-state index contributed by atoms with van der Waals surface area (Å²) in [4.78, 5) is 27.1. The van der Waals surface area contributed by atoms with Crippen molar-refractivity contribution in [2.75, 3.05) is 6.54 Å². The van der Waals surface area contributed by atoms with Gasteiger partial charge in [0.05, 0.1) is 5.56 Å². The molecule has 0 fully saturated rings. The molecule has 1 unspecified atom stereocenters. The van der Waals surface area contributed by atoms with Crippen molar-refractivity contribution in [1.29, 1.82) is 0 Å². The maximum absolute atomic E-state index is 12.7. The van der Waals surface area contributed by atoms with Crippen LogP contribution in [0.15, 0.2) is 36.4 Å². The molecule has 136 valence electrons. The van der Waals surface area contributed by atoms with E-state index in [1.165, 1.54) is 5.56 Å². The first-order valence-electron chi connectivity index (χ1n) is 9.01. The molecule has 1 aliphatic heterocycles. The van der Waals surface area contributed by atoms with Crippen LogP contribution in [0.4, 0.5) is 0 Å². The van der Waals surface area contributed by atoms with E-state index in [0.717, 1.165) is 28.7 Å². The third-order valence-electron chi connectivity index (χ3n) is 4.96. The van der Waals surface area contributed by atoms with Gasteiger partial charge in [-0.25, -0.2) is 4.79 Å². The van der Waals surface area contributed by atoms with Crippen molar-refractivity contribution >= 4 is 11.9 Å². The molecule has 0 aliphatic carbocycles. The first kappa shape index (κ1) is 18.2. The summed E-state index contributed by atoms with van der Waals surface area (Å²) in [5.74, 6) is -0.575. The summed E-state index contributed by atoms with van der Waals surface area (Å²) >= 11 is 0. The molecule has 0 radical (unpaired) electrons. The SMILES string of the molecule is Cc1cc(C)c(C(=O)OC(C)C(=O)N2CCc3ccccc3C2)c(C)c1. The molecule has 2 aromatic carbocycles. The van der Waals surface area contributed by atoms with E-state index in [4.69, 9.17) is 4.74 Å². The zero-order valence-corrected chi connectivity index (χ0v) is 15.8. The molecule has 0 bridgehead atoms. The number of nitrogens with zero attached hydrogens (tertiary/aromatic N) is 1. The third-order valence-corrected chi connectivity index (χ3v) is 4.96. The van der Waals surface area contributed by atoms with Gasteiger partial charge in [0, 0.05) is 13.1 Å². The largest absolute Gasteiger partial charge is 0.449 e. The van der Waals surface area contributed by atoms with Crippen molar-refractivity contribution in [2.45, 2.75) is 46.8 Å². The Bertz CT molecular complexity index is 833. The van der Waals surface area contributed by atoms with Gasteiger partial charge in [0.2, 0.25) is 0 Å². The topological polar surface area (TPSA) is 46.6 Å². The number of carbonyl (C=O) groups is 2. The molecule has 4 nitrogen and oxygen atoms in total. The zero-order valence-electron chi connectivity index (χ0n) is 15.8. The minimum Gasteiger partial charge on any atom is -0.449 e. The third kappa shape index (κ3) is 3.64. The van der Waals surface area contributed by atoms with E-state index in [1.807, 2.05) is 51.1 Å². The molecule has 4 heteroatoms. The highest BCUT2D eigenvalue weighted by Gasteiger charge is 2.28. The maximum atomic E-state index is 12.7. The molecule has 2 aromatic rings. The standard InChI is InChI=1S/C22H25NO3/c1-14-11-15(2)20(16(3)12-14)22(25)26-17(4)21(24)23-10-9-18-7-5-6-8-19(18)13-23/h5-8,11-12,17H,9-10,13H2,1-4H3. The Labute approximate surface area is 154 Å². The molecule has 0 saturated carbocycles. The molecule has 26 heavy (non-hydrogen) atoms. The van der Waals surface area contributed by atoms with Gasteiger partial charge in [0.1, 0.15) is 0 Å². The Balaban J connectivity index is 1.69. The lowest BCUT2D eigenvalue weighted by atomic mass is 9.99. The van der Waals surface area contributed by atoms with Crippen LogP contribution in [-0.2, 0) is 22.5 Å². The van der Waals surface area contributed by atoms with Crippen molar-refractivity contribution in [1.82, 2.24) is 4.90 Å². The zero-order chi connectivity index (χ0) is 18.8. The quantitative estimate of drug-likeness (QED) is 0.792. The van der Waals surface area contributed by atoms with Crippen LogP contribution in [-0.4, -0.2) is 29.4 Å². The fourth-order valence-electron chi connectivity index (χ4n) is 3.71. The van der Waals surface area contributed by atoms with Gasteiger partial charge < -0.3 is 9.64 Å². The number of benzene rings is 2. The number of fused-ring (bicyclic) bond motifs is 1. The predicted octanol–water partition coefficient (Wildman–Crippen LogP) is 3.74. The molecule has 1 amide bonds. The van der Waals surface area contributed by atoms with Crippen LogP contribution in [0.1, 0.15) is 45.1 Å². The normalized spacial score (nSPS) is 14.5. The molecule has 0 spiro atoms. The Morgan fingerprint density at radius 1 is 1.04 bits per heavy atom. The first-order chi connectivity index (χ1) is 12.4. The van der Waals surface area contributed by atoms with E-state index in [2.05, 4.69) is 6.07 Å². The van der Waals surface area contributed by atoms with Crippen LogP contribution < -0.4 is 0 Å². The predicted molar refractivity (Wildman–Crippen MR) is 101 cm³/mol. The van der Waals surface area contributed by atoms with Gasteiger partial charge in [-0.2, -0.15) is 0 Å². The molecule has 0 aromatic heterocycles. The van der Waals surface area contributed by atoms with Crippen molar-refractivity contribution in [3.63, 3.8) is 0 Å². The number of hydrogen-bond acceptors (Lipinski definition) is 3. The summed E-state index contributed by atoms with van der Waals surface area (Å²) in [5.41, 5.74) is 5.85. The molecule has 0 saturated heterocycles. The Hall–Kier alpha value is -2.62. The second-order valence-corrected chi connectivity index (χ2v) is 7.10. The van der Waals surface area contributed by atoms with E-state index in [-0.39, 0.29) is 5.91 Å². The lowest BCUT2D eigenvalue weighted by Gasteiger charge is -2.30. The van der Waals surface area contributed by atoms with Crippen molar-refractivity contribution in [3.05, 3.63) is 69.8 Å². The number of ether oxygens (including phenoxy) is 1. The average Bonchev–Trinajstić information content (AvgIpc) is 2.59. The number of aryl methyl sites for hydroxylation is 3. The van der Waals surface area contributed by atoms with E-state index in [0.29, 0.717) is 18.7 Å². The van der Waals surface area contributed by atoms with Crippen LogP contribution in [0.3, 0.4) is 0 Å². The molecule has 1 aliphatic rings. The van der Waals surface area contributed by atoms with Crippen LogP contribution in [0.5, 0.6) is 0 Å². The van der Waals surface area contributed by atoms with E-state index in [1.54, 1.807) is 11.8 Å². The Kier molecular flexibility index (Phi) is 5.12. The highest BCUT2D eigenvalue weighted by molar-refractivity contribution is 5.95. The van der Waals surface area contributed by atoms with Crippen LogP contribution in [0, 0.1) is 20.8 Å². The second-order valence-electron chi connectivity index (χ2n) is 7.10. The Morgan fingerprint density at radius 3 is 2.31 bits per heavy atom. The minimum absolute atomic E-state index is 0.143. The van der Waals surface area contributed by atoms with E-state index < -0.39 is 12.1 Å². The van der Waals surface area contributed by atoms with Gasteiger partial charge in [-0.05, 0) is 56.4 Å². The maximum Gasteiger partial charge on any atom is 0.339 e. The number of rotatable bonds is 3. The summed E-state index contributed by atoms with van der Waals surface area (Å²) in [5, 5.41) is 0.